The van der Waals surface area contributed by atoms with Crippen LogP contribution in [0.4, 0.5) is 0 Å². The molecule has 4 heteroatoms. The second-order valence-corrected chi connectivity index (χ2v) is 5.53. The van der Waals surface area contributed by atoms with Crippen LogP contribution in [0.3, 0.4) is 0 Å². The first-order valence-electron chi connectivity index (χ1n) is 7.28. The van der Waals surface area contributed by atoms with E-state index in [1.807, 2.05) is 31.2 Å². The fourth-order valence-corrected chi connectivity index (χ4v) is 2.52. The maximum atomic E-state index is 11.7. The highest BCUT2D eigenvalue weighted by molar-refractivity contribution is 5.77. The molecule has 20 heavy (non-hydrogen) atoms. The van der Waals surface area contributed by atoms with Gasteiger partial charge in [0.05, 0.1) is 6.10 Å². The Balaban J connectivity index is 1.67. The van der Waals surface area contributed by atoms with Crippen LogP contribution in [0.5, 0.6) is 5.75 Å². The third-order valence-corrected chi connectivity index (χ3v) is 3.86. The molecule has 110 valence electrons. The molecule has 1 aliphatic carbocycles. The predicted molar refractivity (Wildman–Crippen MR) is 77.6 cm³/mol. The number of aliphatic hydroxyl groups excluding tert-OH is 1. The number of hydrogen-bond acceptors (Lipinski definition) is 3. The van der Waals surface area contributed by atoms with E-state index in [9.17, 15) is 9.90 Å². The highest BCUT2D eigenvalue weighted by Gasteiger charge is 2.19. The molecule has 1 amide bonds. The molecule has 0 radical (unpaired) electrons. The van der Waals surface area contributed by atoms with Gasteiger partial charge in [-0.2, -0.15) is 0 Å². The number of amides is 1. The molecule has 1 aromatic carbocycles. The number of carbonyl (C=O) groups is 1. The molecule has 1 fully saturated rings. The van der Waals surface area contributed by atoms with Crippen LogP contribution in [-0.2, 0) is 4.79 Å². The SMILES string of the molecule is Cc1ccccc1OCC(=O)NCC1CCC(O)CC1. The minimum Gasteiger partial charge on any atom is -0.484 e. The van der Waals surface area contributed by atoms with Crippen LogP contribution in [0.2, 0.25) is 0 Å². The summed E-state index contributed by atoms with van der Waals surface area (Å²) >= 11 is 0. The Kier molecular flexibility index (Phi) is 5.41. The minimum atomic E-state index is -0.147. The van der Waals surface area contributed by atoms with Gasteiger partial charge in [-0.1, -0.05) is 18.2 Å². The van der Waals surface area contributed by atoms with Crippen LogP contribution >= 0.6 is 0 Å². The number of ether oxygens (including phenoxy) is 1. The van der Waals surface area contributed by atoms with Crippen LogP contribution in [0.25, 0.3) is 0 Å². The lowest BCUT2D eigenvalue weighted by Gasteiger charge is -2.25. The number of carbonyl (C=O) groups excluding carboxylic acids is 1. The molecule has 0 bridgehead atoms. The second kappa shape index (κ2) is 7.29. The molecule has 1 aliphatic rings. The Hall–Kier alpha value is -1.55. The Morgan fingerprint density at radius 2 is 2.00 bits per heavy atom. The van der Waals surface area contributed by atoms with Crippen LogP contribution in [0.1, 0.15) is 31.2 Å². The van der Waals surface area contributed by atoms with Gasteiger partial charge in [-0.25, -0.2) is 0 Å². The molecule has 1 aromatic rings. The number of aryl methyl sites for hydroxylation is 1. The quantitative estimate of drug-likeness (QED) is 0.866. The first-order chi connectivity index (χ1) is 9.65. The maximum absolute atomic E-state index is 11.7. The van der Waals surface area contributed by atoms with Gasteiger partial charge in [0.2, 0.25) is 0 Å². The molecule has 0 aromatic heterocycles. The summed E-state index contributed by atoms with van der Waals surface area (Å²) in [6.45, 7) is 2.70. The molecule has 4 nitrogen and oxygen atoms in total. The Morgan fingerprint density at radius 1 is 1.30 bits per heavy atom. The van der Waals surface area contributed by atoms with E-state index in [-0.39, 0.29) is 18.6 Å². The lowest BCUT2D eigenvalue weighted by Crippen LogP contribution is -2.35. The molecule has 1 saturated carbocycles. The standard InChI is InChI=1S/C16H23NO3/c1-12-4-2-3-5-15(12)20-11-16(19)17-10-13-6-8-14(18)9-7-13/h2-5,13-14,18H,6-11H2,1H3,(H,17,19). The smallest absolute Gasteiger partial charge is 0.257 e. The van der Waals surface area contributed by atoms with E-state index in [2.05, 4.69) is 5.32 Å². The lowest BCUT2D eigenvalue weighted by molar-refractivity contribution is -0.123. The first kappa shape index (κ1) is 14.9. The monoisotopic (exact) mass is 277 g/mol. The average Bonchev–Trinajstić information content (AvgIpc) is 2.46. The van der Waals surface area contributed by atoms with Crippen molar-refractivity contribution in [3.05, 3.63) is 29.8 Å². The van der Waals surface area contributed by atoms with Crippen molar-refractivity contribution in [2.45, 2.75) is 38.7 Å². The highest BCUT2D eigenvalue weighted by atomic mass is 16.5. The molecule has 0 unspecified atom stereocenters. The molecule has 2 N–H and O–H groups in total. The molecule has 2 rings (SSSR count). The zero-order valence-electron chi connectivity index (χ0n) is 12.0. The predicted octanol–water partition coefficient (Wildman–Crippen LogP) is 2.04. The van der Waals surface area contributed by atoms with Crippen molar-refractivity contribution < 1.29 is 14.6 Å². The van der Waals surface area contributed by atoms with Gasteiger partial charge in [0.25, 0.3) is 5.91 Å². The van der Waals surface area contributed by atoms with E-state index < -0.39 is 0 Å². The number of benzene rings is 1. The fourth-order valence-electron chi connectivity index (χ4n) is 2.52. The van der Waals surface area contributed by atoms with E-state index >= 15 is 0 Å². The van der Waals surface area contributed by atoms with Crippen molar-refractivity contribution in [1.82, 2.24) is 5.32 Å². The summed E-state index contributed by atoms with van der Waals surface area (Å²) in [6, 6.07) is 7.67. The van der Waals surface area contributed by atoms with Crippen LogP contribution in [-0.4, -0.2) is 30.3 Å². The molecule has 0 spiro atoms. The largest absolute Gasteiger partial charge is 0.484 e. The van der Waals surface area contributed by atoms with Crippen molar-refractivity contribution in [3.63, 3.8) is 0 Å². The van der Waals surface area contributed by atoms with Gasteiger partial charge in [0, 0.05) is 6.54 Å². The first-order valence-corrected chi connectivity index (χ1v) is 7.28. The molecule has 0 saturated heterocycles. The number of para-hydroxylation sites is 1. The lowest BCUT2D eigenvalue weighted by atomic mass is 9.87. The topological polar surface area (TPSA) is 58.6 Å². The third kappa shape index (κ3) is 4.53. The Labute approximate surface area is 120 Å². The molecular weight excluding hydrogens is 254 g/mol. The summed E-state index contributed by atoms with van der Waals surface area (Å²) in [7, 11) is 0. The number of aliphatic hydroxyl groups is 1. The van der Waals surface area contributed by atoms with E-state index in [0.29, 0.717) is 12.5 Å². The zero-order chi connectivity index (χ0) is 14.4. The summed E-state index contributed by atoms with van der Waals surface area (Å²) in [5.41, 5.74) is 1.03. The number of nitrogens with one attached hydrogen (secondary N) is 1. The highest BCUT2D eigenvalue weighted by Crippen LogP contribution is 2.23. The van der Waals surface area contributed by atoms with Crippen molar-refractivity contribution >= 4 is 5.91 Å². The summed E-state index contributed by atoms with van der Waals surface area (Å²) < 4.78 is 5.50. The zero-order valence-corrected chi connectivity index (χ0v) is 12.0. The van der Waals surface area contributed by atoms with Gasteiger partial charge in [0.1, 0.15) is 5.75 Å². The van der Waals surface area contributed by atoms with Crippen LogP contribution in [0, 0.1) is 12.8 Å². The van der Waals surface area contributed by atoms with Crippen molar-refractivity contribution in [1.29, 1.82) is 0 Å². The van der Waals surface area contributed by atoms with Crippen molar-refractivity contribution in [2.24, 2.45) is 5.92 Å². The summed E-state index contributed by atoms with van der Waals surface area (Å²) in [6.07, 6.45) is 3.52. The van der Waals surface area contributed by atoms with E-state index in [1.54, 1.807) is 0 Å². The van der Waals surface area contributed by atoms with Gasteiger partial charge < -0.3 is 15.2 Å². The van der Waals surface area contributed by atoms with Gasteiger partial charge in [0.15, 0.2) is 6.61 Å². The van der Waals surface area contributed by atoms with Crippen LogP contribution < -0.4 is 10.1 Å². The van der Waals surface area contributed by atoms with E-state index in [4.69, 9.17) is 4.74 Å². The van der Waals surface area contributed by atoms with Gasteiger partial charge in [-0.15, -0.1) is 0 Å². The summed E-state index contributed by atoms with van der Waals surface area (Å²) in [5, 5.41) is 12.3. The van der Waals surface area contributed by atoms with Crippen molar-refractivity contribution in [3.8, 4) is 5.75 Å². The average molecular weight is 277 g/mol. The molecule has 0 aliphatic heterocycles. The maximum Gasteiger partial charge on any atom is 0.257 e. The van der Waals surface area contributed by atoms with Gasteiger partial charge in [-0.3, -0.25) is 4.79 Å². The van der Waals surface area contributed by atoms with Gasteiger partial charge in [-0.05, 0) is 50.2 Å². The summed E-state index contributed by atoms with van der Waals surface area (Å²) in [5.74, 6) is 1.16. The van der Waals surface area contributed by atoms with Crippen LogP contribution in [0.15, 0.2) is 24.3 Å². The van der Waals surface area contributed by atoms with Crippen molar-refractivity contribution in [2.75, 3.05) is 13.2 Å². The summed E-state index contributed by atoms with van der Waals surface area (Å²) in [4.78, 5) is 11.7. The number of rotatable bonds is 5. The second-order valence-electron chi connectivity index (χ2n) is 5.53. The van der Waals surface area contributed by atoms with Gasteiger partial charge >= 0.3 is 0 Å². The fraction of sp³-hybridized carbons (Fsp3) is 0.562. The minimum absolute atomic E-state index is 0.0558. The Bertz CT molecular complexity index is 439. The van der Waals surface area contributed by atoms with E-state index in [1.165, 1.54) is 0 Å². The molecule has 0 heterocycles. The normalized spacial score (nSPS) is 22.3. The third-order valence-electron chi connectivity index (χ3n) is 3.86. The van der Waals surface area contributed by atoms with E-state index in [0.717, 1.165) is 37.0 Å². The Morgan fingerprint density at radius 3 is 2.70 bits per heavy atom. The molecule has 0 atom stereocenters. The molecular formula is C16H23NO3. The number of hydrogen-bond donors (Lipinski definition) is 2.